The van der Waals surface area contributed by atoms with Crippen molar-refractivity contribution in [2.45, 2.75) is 75.2 Å². The molecular formula is C30H39N3O7S. The number of hydrogen-bond donors (Lipinski definition) is 2. The summed E-state index contributed by atoms with van der Waals surface area (Å²) in [6.07, 6.45) is 2.88. The standard InChI is InChI=1S/C30H39N3O7S/c1-3-20(2)17-33(41(36,37)22-9-10-24-29(16-22)39-19-31-24)18-26(34)25(15-21-7-5-4-6-8-21)32-30(35)40-28-12-11-27-23(28)13-14-38-27/h4-10,16,19-20,23,25-28,34H,3,11-15,17-18H2,1-2H3,(H,32,35)/t20-,23+,25-,26+,27+,28-/m0/s1. The number of oxazole rings is 1. The average molecular weight is 586 g/mol. The van der Waals surface area contributed by atoms with Crippen LogP contribution >= 0.6 is 0 Å². The van der Waals surface area contributed by atoms with E-state index in [4.69, 9.17) is 13.9 Å². The van der Waals surface area contributed by atoms with Crippen LogP contribution in [0, 0.1) is 11.8 Å². The Hall–Kier alpha value is -2.99. The maximum absolute atomic E-state index is 13.9. The number of benzene rings is 2. The van der Waals surface area contributed by atoms with Crippen LogP contribution < -0.4 is 5.32 Å². The number of alkyl carbamates (subject to hydrolysis) is 1. The largest absolute Gasteiger partial charge is 0.446 e. The fourth-order valence-corrected chi connectivity index (χ4v) is 7.37. The van der Waals surface area contributed by atoms with Gasteiger partial charge >= 0.3 is 6.09 Å². The van der Waals surface area contributed by atoms with Gasteiger partial charge in [-0.3, -0.25) is 0 Å². The molecule has 2 aliphatic rings. The number of hydrogen-bond acceptors (Lipinski definition) is 8. The summed E-state index contributed by atoms with van der Waals surface area (Å²) in [4.78, 5) is 17.2. The summed E-state index contributed by atoms with van der Waals surface area (Å²) in [5.41, 5.74) is 1.82. The quantitative estimate of drug-likeness (QED) is 0.324. The van der Waals surface area contributed by atoms with Gasteiger partial charge in [-0.25, -0.2) is 18.2 Å². The van der Waals surface area contributed by atoms with Gasteiger partial charge in [0.1, 0.15) is 11.6 Å². The average Bonchev–Trinajstić information content (AvgIpc) is 3.71. The molecule has 10 nitrogen and oxygen atoms in total. The minimum Gasteiger partial charge on any atom is -0.446 e. The summed E-state index contributed by atoms with van der Waals surface area (Å²) in [5, 5.41) is 14.4. The fourth-order valence-electron chi connectivity index (χ4n) is 5.78. The van der Waals surface area contributed by atoms with Crippen molar-refractivity contribution in [3.8, 4) is 0 Å². The topological polar surface area (TPSA) is 131 Å². The monoisotopic (exact) mass is 585 g/mol. The summed E-state index contributed by atoms with van der Waals surface area (Å²) < 4.78 is 45.9. The fraction of sp³-hybridized carbons (Fsp3) is 0.533. The van der Waals surface area contributed by atoms with Crippen molar-refractivity contribution in [2.75, 3.05) is 19.7 Å². The minimum absolute atomic E-state index is 0.0421. The molecule has 11 heteroatoms. The molecule has 2 aromatic carbocycles. The van der Waals surface area contributed by atoms with Crippen molar-refractivity contribution in [2.24, 2.45) is 11.8 Å². The Balaban J connectivity index is 1.35. The molecule has 1 amide bonds. The summed E-state index contributed by atoms with van der Waals surface area (Å²) in [6.45, 7) is 4.63. The number of aliphatic hydroxyl groups excluding tert-OH is 1. The number of nitrogens with zero attached hydrogens (tertiary/aromatic N) is 2. The number of carbonyl (C=O) groups is 1. The van der Waals surface area contributed by atoms with E-state index in [1.165, 1.54) is 22.8 Å². The molecule has 2 N–H and O–H groups in total. The van der Waals surface area contributed by atoms with E-state index in [0.29, 0.717) is 24.1 Å². The van der Waals surface area contributed by atoms with Gasteiger partial charge in [-0.2, -0.15) is 4.31 Å². The molecule has 6 atom stereocenters. The first-order chi connectivity index (χ1) is 19.7. The molecular weight excluding hydrogens is 546 g/mol. The van der Waals surface area contributed by atoms with Gasteiger partial charge in [0.25, 0.3) is 0 Å². The van der Waals surface area contributed by atoms with E-state index in [1.54, 1.807) is 6.07 Å². The van der Waals surface area contributed by atoms with Gasteiger partial charge in [-0.15, -0.1) is 0 Å². The molecule has 0 bridgehead atoms. The number of amides is 1. The molecule has 0 unspecified atom stereocenters. The number of aliphatic hydroxyl groups is 1. The van der Waals surface area contributed by atoms with Crippen LogP contribution in [0.3, 0.4) is 0 Å². The lowest BCUT2D eigenvalue weighted by molar-refractivity contribution is 0.0496. The number of rotatable bonds is 12. The molecule has 41 heavy (non-hydrogen) atoms. The first-order valence-corrected chi connectivity index (χ1v) is 15.8. The molecule has 5 rings (SSSR count). The van der Waals surface area contributed by atoms with Gasteiger partial charge in [0.15, 0.2) is 12.0 Å². The lowest BCUT2D eigenvalue weighted by Gasteiger charge is -2.31. The Labute approximate surface area is 241 Å². The SMILES string of the molecule is CC[C@H](C)CN(C[C@@H](O)[C@H](Cc1ccccc1)NC(=O)O[C@H]1CC[C@H]2OCC[C@@H]12)S(=O)(=O)c1ccc2ncoc2c1. The molecule has 1 aliphatic heterocycles. The third kappa shape index (κ3) is 6.91. The first-order valence-electron chi connectivity index (χ1n) is 14.4. The highest BCUT2D eigenvalue weighted by Gasteiger charge is 2.43. The predicted molar refractivity (Wildman–Crippen MR) is 153 cm³/mol. The van der Waals surface area contributed by atoms with E-state index < -0.39 is 28.3 Å². The first kappa shape index (κ1) is 29.5. The van der Waals surface area contributed by atoms with E-state index in [2.05, 4.69) is 10.3 Å². The number of ether oxygens (including phenoxy) is 2. The molecule has 1 saturated carbocycles. The lowest BCUT2D eigenvalue weighted by Crippen LogP contribution is -2.51. The van der Waals surface area contributed by atoms with Crippen molar-refractivity contribution in [1.29, 1.82) is 0 Å². The molecule has 1 aromatic heterocycles. The molecule has 2 heterocycles. The summed E-state index contributed by atoms with van der Waals surface area (Å²) in [6, 6.07) is 13.2. The van der Waals surface area contributed by atoms with E-state index >= 15 is 0 Å². The number of aromatic nitrogens is 1. The summed E-state index contributed by atoms with van der Waals surface area (Å²) >= 11 is 0. The van der Waals surface area contributed by atoms with E-state index in [1.807, 2.05) is 44.2 Å². The molecule has 1 saturated heterocycles. The Morgan fingerprint density at radius 2 is 1.98 bits per heavy atom. The van der Waals surface area contributed by atoms with Crippen LogP contribution in [0.5, 0.6) is 0 Å². The van der Waals surface area contributed by atoms with Crippen LogP contribution in [0.15, 0.2) is 64.2 Å². The van der Waals surface area contributed by atoms with Crippen LogP contribution in [0.25, 0.3) is 11.1 Å². The number of nitrogens with one attached hydrogen (secondary N) is 1. The van der Waals surface area contributed by atoms with Crippen molar-refractivity contribution in [3.05, 3.63) is 60.5 Å². The minimum atomic E-state index is -4.01. The van der Waals surface area contributed by atoms with Gasteiger partial charge in [0.05, 0.1) is 23.1 Å². The van der Waals surface area contributed by atoms with Crippen molar-refractivity contribution in [1.82, 2.24) is 14.6 Å². The number of sulfonamides is 1. The van der Waals surface area contributed by atoms with E-state index in [9.17, 15) is 18.3 Å². The van der Waals surface area contributed by atoms with Crippen molar-refractivity contribution < 1.29 is 32.2 Å². The summed E-state index contributed by atoms with van der Waals surface area (Å²) in [7, 11) is -4.01. The number of fused-ring (bicyclic) bond motifs is 2. The zero-order valence-corrected chi connectivity index (χ0v) is 24.3. The van der Waals surface area contributed by atoms with Gasteiger partial charge in [-0.05, 0) is 49.3 Å². The zero-order chi connectivity index (χ0) is 29.0. The Bertz CT molecular complexity index is 1410. The summed E-state index contributed by atoms with van der Waals surface area (Å²) in [5.74, 6) is 0.233. The second kappa shape index (κ2) is 12.9. The molecule has 3 aromatic rings. The molecule has 0 spiro atoms. The highest BCUT2D eigenvalue weighted by atomic mass is 32.2. The third-order valence-corrected chi connectivity index (χ3v) is 10.2. The van der Waals surface area contributed by atoms with Crippen LogP contribution in [0.1, 0.15) is 45.1 Å². The second-order valence-corrected chi connectivity index (χ2v) is 13.1. The van der Waals surface area contributed by atoms with Gasteiger partial charge < -0.3 is 24.3 Å². The molecule has 1 aliphatic carbocycles. The molecule has 2 fully saturated rings. The zero-order valence-electron chi connectivity index (χ0n) is 23.5. The normalized spacial score (nSPS) is 22.9. The lowest BCUT2D eigenvalue weighted by atomic mass is 10.0. The van der Waals surface area contributed by atoms with Crippen LogP contribution in [0.4, 0.5) is 4.79 Å². The van der Waals surface area contributed by atoms with Crippen LogP contribution in [0.2, 0.25) is 0 Å². The van der Waals surface area contributed by atoms with Gasteiger partial charge in [-0.1, -0.05) is 50.6 Å². The molecule has 0 radical (unpaired) electrons. The van der Waals surface area contributed by atoms with Crippen LogP contribution in [-0.4, -0.2) is 73.0 Å². The van der Waals surface area contributed by atoms with Gasteiger partial charge in [0.2, 0.25) is 10.0 Å². The molecule has 222 valence electrons. The third-order valence-electron chi connectivity index (χ3n) is 8.34. The second-order valence-electron chi connectivity index (χ2n) is 11.2. The van der Waals surface area contributed by atoms with Gasteiger partial charge in [0, 0.05) is 31.7 Å². The van der Waals surface area contributed by atoms with E-state index in [0.717, 1.165) is 31.2 Å². The predicted octanol–water partition coefficient (Wildman–Crippen LogP) is 4.13. The van der Waals surface area contributed by atoms with Crippen molar-refractivity contribution >= 4 is 27.2 Å². The smallest absolute Gasteiger partial charge is 0.407 e. The maximum atomic E-state index is 13.9. The maximum Gasteiger partial charge on any atom is 0.407 e. The van der Waals surface area contributed by atoms with E-state index in [-0.39, 0.29) is 42.0 Å². The van der Waals surface area contributed by atoms with Crippen molar-refractivity contribution in [3.63, 3.8) is 0 Å². The van der Waals surface area contributed by atoms with Crippen LogP contribution in [-0.2, 0) is 25.9 Å². The Morgan fingerprint density at radius 3 is 2.76 bits per heavy atom. The Kier molecular flexibility index (Phi) is 9.28. The highest BCUT2D eigenvalue weighted by Crippen LogP contribution is 2.37. The number of carbonyl (C=O) groups excluding carboxylic acids is 1. The Morgan fingerprint density at radius 1 is 1.17 bits per heavy atom. The highest BCUT2D eigenvalue weighted by molar-refractivity contribution is 7.89.